The molecule has 142 valence electrons. The molecule has 0 bridgehead atoms. The Labute approximate surface area is 153 Å². The van der Waals surface area contributed by atoms with Gasteiger partial charge in [-0.25, -0.2) is 4.79 Å². The number of carbonyl (C=O) groups excluding carboxylic acids is 1. The minimum Gasteiger partial charge on any atom is -0.444 e. The van der Waals surface area contributed by atoms with E-state index in [0.717, 1.165) is 13.0 Å². The minimum atomic E-state index is -0.464. The number of ether oxygens (including phenoxy) is 1. The molecule has 0 radical (unpaired) electrons. The number of benzene rings is 1. The van der Waals surface area contributed by atoms with Crippen molar-refractivity contribution in [2.24, 2.45) is 11.8 Å². The zero-order valence-corrected chi connectivity index (χ0v) is 17.0. The average molecular weight is 349 g/mol. The fraction of sp³-hybridized carbons (Fsp3) is 0.667. The van der Waals surface area contributed by atoms with Crippen molar-refractivity contribution in [2.45, 2.75) is 66.5 Å². The van der Waals surface area contributed by atoms with Gasteiger partial charge in [0.05, 0.1) is 0 Å². The van der Waals surface area contributed by atoms with Crippen LogP contribution < -0.4 is 10.6 Å². The summed E-state index contributed by atoms with van der Waals surface area (Å²) >= 11 is 0. The SMILES string of the molecule is CCC(NCC(CNC(=O)OC(C)(C)C)C(C)C)c1ccc(C)cc1. The zero-order chi connectivity index (χ0) is 19.0. The number of alkyl carbamates (subject to hydrolysis) is 1. The van der Waals surface area contributed by atoms with Crippen molar-refractivity contribution in [3.63, 3.8) is 0 Å². The first-order chi connectivity index (χ1) is 11.6. The molecule has 0 saturated heterocycles. The molecule has 2 N–H and O–H groups in total. The summed E-state index contributed by atoms with van der Waals surface area (Å²) in [6, 6.07) is 9.04. The molecule has 0 aliphatic heterocycles. The second kappa shape index (κ2) is 9.81. The first kappa shape index (κ1) is 21.5. The first-order valence-corrected chi connectivity index (χ1v) is 9.39. The van der Waals surface area contributed by atoms with Crippen LogP contribution >= 0.6 is 0 Å². The fourth-order valence-corrected chi connectivity index (χ4v) is 2.66. The number of nitrogens with one attached hydrogen (secondary N) is 2. The van der Waals surface area contributed by atoms with Gasteiger partial charge in [-0.2, -0.15) is 0 Å². The van der Waals surface area contributed by atoms with E-state index in [1.54, 1.807) is 0 Å². The maximum absolute atomic E-state index is 11.9. The molecule has 0 aliphatic carbocycles. The molecule has 4 nitrogen and oxygen atoms in total. The van der Waals surface area contributed by atoms with Crippen LogP contribution in [0.25, 0.3) is 0 Å². The molecule has 1 rings (SSSR count). The smallest absolute Gasteiger partial charge is 0.407 e. The van der Waals surface area contributed by atoms with Gasteiger partial charge in [-0.05, 0) is 51.5 Å². The molecule has 1 aromatic rings. The summed E-state index contributed by atoms with van der Waals surface area (Å²) in [6.45, 7) is 15.8. The molecule has 0 saturated carbocycles. The lowest BCUT2D eigenvalue weighted by atomic mass is 9.94. The summed E-state index contributed by atoms with van der Waals surface area (Å²) < 4.78 is 5.32. The standard InChI is InChI=1S/C21H36N2O2/c1-8-19(17-11-9-16(4)10-12-17)22-13-18(15(2)3)14-23-20(24)25-21(5,6)7/h9-12,15,18-19,22H,8,13-14H2,1-7H3,(H,23,24). The van der Waals surface area contributed by atoms with E-state index in [1.165, 1.54) is 11.1 Å². The van der Waals surface area contributed by atoms with Gasteiger partial charge in [0, 0.05) is 19.1 Å². The van der Waals surface area contributed by atoms with Crippen molar-refractivity contribution < 1.29 is 9.53 Å². The summed E-state index contributed by atoms with van der Waals surface area (Å²) in [4.78, 5) is 11.9. The second-order valence-electron chi connectivity index (χ2n) is 8.17. The van der Waals surface area contributed by atoms with Crippen LogP contribution in [0.4, 0.5) is 4.79 Å². The molecule has 1 amide bonds. The number of aryl methyl sites for hydroxylation is 1. The second-order valence-corrected chi connectivity index (χ2v) is 8.17. The lowest BCUT2D eigenvalue weighted by Gasteiger charge is -2.26. The van der Waals surface area contributed by atoms with Gasteiger partial charge in [0.2, 0.25) is 0 Å². The van der Waals surface area contributed by atoms with Gasteiger partial charge >= 0.3 is 6.09 Å². The third-order valence-corrected chi connectivity index (χ3v) is 4.36. The number of hydrogen-bond acceptors (Lipinski definition) is 3. The topological polar surface area (TPSA) is 50.4 Å². The van der Waals surface area contributed by atoms with Gasteiger partial charge in [-0.1, -0.05) is 50.6 Å². The Morgan fingerprint density at radius 2 is 1.72 bits per heavy atom. The summed E-state index contributed by atoms with van der Waals surface area (Å²) in [5.41, 5.74) is 2.13. The van der Waals surface area contributed by atoms with Crippen LogP contribution in [0.3, 0.4) is 0 Å². The molecule has 0 fully saturated rings. The quantitative estimate of drug-likeness (QED) is 0.707. The summed E-state index contributed by atoms with van der Waals surface area (Å²) in [5.74, 6) is 0.824. The van der Waals surface area contributed by atoms with E-state index >= 15 is 0 Å². The first-order valence-electron chi connectivity index (χ1n) is 9.39. The minimum absolute atomic E-state index is 0.336. The maximum atomic E-state index is 11.9. The maximum Gasteiger partial charge on any atom is 0.407 e. The molecule has 0 spiro atoms. The highest BCUT2D eigenvalue weighted by molar-refractivity contribution is 5.67. The Morgan fingerprint density at radius 3 is 2.20 bits per heavy atom. The highest BCUT2D eigenvalue weighted by atomic mass is 16.6. The molecular weight excluding hydrogens is 312 g/mol. The highest BCUT2D eigenvalue weighted by Gasteiger charge is 2.20. The molecular formula is C21H36N2O2. The largest absolute Gasteiger partial charge is 0.444 e. The zero-order valence-electron chi connectivity index (χ0n) is 17.0. The normalized spacial score (nSPS) is 14.2. The van der Waals surface area contributed by atoms with Crippen LogP contribution in [0.2, 0.25) is 0 Å². The van der Waals surface area contributed by atoms with Crippen LogP contribution in [0, 0.1) is 18.8 Å². The van der Waals surface area contributed by atoms with E-state index in [-0.39, 0.29) is 6.09 Å². The Bertz CT molecular complexity index is 518. The van der Waals surface area contributed by atoms with Gasteiger partial charge in [-0.15, -0.1) is 0 Å². The van der Waals surface area contributed by atoms with E-state index in [9.17, 15) is 4.79 Å². The van der Waals surface area contributed by atoms with Crippen molar-refractivity contribution in [1.29, 1.82) is 0 Å². The molecule has 0 heterocycles. The third kappa shape index (κ3) is 8.39. The van der Waals surface area contributed by atoms with Crippen molar-refractivity contribution >= 4 is 6.09 Å². The van der Waals surface area contributed by atoms with Gasteiger partial charge in [0.25, 0.3) is 0 Å². The lowest BCUT2D eigenvalue weighted by molar-refractivity contribution is 0.0514. The Balaban J connectivity index is 2.56. The van der Waals surface area contributed by atoms with Crippen molar-refractivity contribution in [1.82, 2.24) is 10.6 Å². The molecule has 2 atom stereocenters. The number of carbonyl (C=O) groups is 1. The summed E-state index contributed by atoms with van der Waals surface area (Å²) in [6.07, 6.45) is 0.691. The Morgan fingerprint density at radius 1 is 1.12 bits per heavy atom. The molecule has 1 aromatic carbocycles. The number of amides is 1. The highest BCUT2D eigenvalue weighted by Crippen LogP contribution is 2.19. The lowest BCUT2D eigenvalue weighted by Crippen LogP contribution is -2.40. The van der Waals surface area contributed by atoms with Crippen LogP contribution in [-0.2, 0) is 4.74 Å². The Hall–Kier alpha value is -1.55. The summed E-state index contributed by atoms with van der Waals surface area (Å²) in [5, 5.41) is 6.57. The van der Waals surface area contributed by atoms with Crippen molar-refractivity contribution in [3.05, 3.63) is 35.4 Å². The Kier molecular flexibility index (Phi) is 8.43. The number of rotatable bonds is 8. The third-order valence-electron chi connectivity index (χ3n) is 4.36. The van der Waals surface area contributed by atoms with Crippen LogP contribution in [0.5, 0.6) is 0 Å². The average Bonchev–Trinajstić information content (AvgIpc) is 2.50. The molecule has 25 heavy (non-hydrogen) atoms. The number of hydrogen-bond donors (Lipinski definition) is 2. The predicted molar refractivity (Wildman–Crippen MR) is 105 cm³/mol. The van der Waals surface area contributed by atoms with Crippen molar-refractivity contribution in [3.8, 4) is 0 Å². The van der Waals surface area contributed by atoms with Gasteiger partial charge < -0.3 is 15.4 Å². The van der Waals surface area contributed by atoms with Gasteiger partial charge in [-0.3, -0.25) is 0 Å². The van der Waals surface area contributed by atoms with E-state index in [4.69, 9.17) is 4.74 Å². The molecule has 0 aromatic heterocycles. The van der Waals surface area contributed by atoms with Crippen molar-refractivity contribution in [2.75, 3.05) is 13.1 Å². The monoisotopic (exact) mass is 348 g/mol. The molecule has 4 heteroatoms. The van der Waals surface area contributed by atoms with E-state index < -0.39 is 5.60 Å². The van der Waals surface area contributed by atoms with E-state index in [2.05, 4.69) is 62.6 Å². The van der Waals surface area contributed by atoms with Gasteiger partial charge in [0.1, 0.15) is 5.60 Å². The van der Waals surface area contributed by atoms with Crippen LogP contribution in [0.1, 0.15) is 65.1 Å². The molecule has 0 aliphatic rings. The van der Waals surface area contributed by atoms with Crippen LogP contribution in [0.15, 0.2) is 24.3 Å². The van der Waals surface area contributed by atoms with E-state index in [1.807, 2.05) is 20.8 Å². The molecule has 2 unspecified atom stereocenters. The van der Waals surface area contributed by atoms with E-state index in [0.29, 0.717) is 24.4 Å². The predicted octanol–water partition coefficient (Wildman–Crippen LogP) is 4.83. The fourth-order valence-electron chi connectivity index (χ4n) is 2.66. The summed E-state index contributed by atoms with van der Waals surface area (Å²) in [7, 11) is 0. The van der Waals surface area contributed by atoms with Gasteiger partial charge in [0.15, 0.2) is 0 Å². The van der Waals surface area contributed by atoms with Crippen LogP contribution in [-0.4, -0.2) is 24.8 Å².